The van der Waals surface area contributed by atoms with Crippen molar-refractivity contribution >= 4 is 5.91 Å². The summed E-state index contributed by atoms with van der Waals surface area (Å²) in [6, 6.07) is 0.310. The fourth-order valence-electron chi connectivity index (χ4n) is 2.91. The molecule has 0 radical (unpaired) electrons. The monoisotopic (exact) mass is 260 g/mol. The molecule has 1 fully saturated rings. The van der Waals surface area contributed by atoms with Crippen LogP contribution in [0.15, 0.2) is 11.6 Å². The van der Waals surface area contributed by atoms with Gasteiger partial charge in [-0.05, 0) is 51.4 Å². The third kappa shape index (κ3) is 4.72. The molecule has 0 aromatic carbocycles. The summed E-state index contributed by atoms with van der Waals surface area (Å²) < 4.78 is 0. The van der Waals surface area contributed by atoms with Gasteiger partial charge in [0.25, 0.3) is 5.91 Å². The van der Waals surface area contributed by atoms with E-state index in [4.69, 9.17) is 0 Å². The molecule has 2 aliphatic rings. The first-order valence-corrected chi connectivity index (χ1v) is 7.41. The molecule has 0 aromatic rings. The zero-order chi connectivity index (χ0) is 13.5. The molecule has 0 saturated carbocycles. The van der Waals surface area contributed by atoms with Gasteiger partial charge in [0.1, 0.15) is 0 Å². The summed E-state index contributed by atoms with van der Waals surface area (Å²) in [5.74, 6) is 5.06. The van der Waals surface area contributed by atoms with Crippen molar-refractivity contribution < 1.29 is 4.79 Å². The average molecular weight is 260 g/mol. The third-order valence-corrected chi connectivity index (χ3v) is 3.97. The zero-order valence-corrected chi connectivity index (χ0v) is 11.9. The maximum absolute atomic E-state index is 11.4. The van der Waals surface area contributed by atoms with Gasteiger partial charge in [-0.2, -0.15) is 0 Å². The summed E-state index contributed by atoms with van der Waals surface area (Å²) in [4.78, 5) is 13.9. The normalized spacial score (nSPS) is 21.2. The van der Waals surface area contributed by atoms with Crippen LogP contribution in [0.1, 0.15) is 45.4 Å². The van der Waals surface area contributed by atoms with Crippen LogP contribution in [0, 0.1) is 11.8 Å². The highest BCUT2D eigenvalue weighted by atomic mass is 16.1. The van der Waals surface area contributed by atoms with Crippen LogP contribution in [0.3, 0.4) is 0 Å². The quantitative estimate of drug-likeness (QED) is 0.622. The second kappa shape index (κ2) is 7.35. The Balaban J connectivity index is 1.71. The number of nitrogens with one attached hydrogen (secondary N) is 1. The number of allylic oxidation sites excluding steroid dienone is 1. The Hall–Kier alpha value is -1.27. The molecule has 0 aromatic heterocycles. The van der Waals surface area contributed by atoms with Gasteiger partial charge in [-0.15, -0.1) is 0 Å². The predicted molar refractivity (Wildman–Crippen MR) is 77.6 cm³/mol. The van der Waals surface area contributed by atoms with Crippen LogP contribution < -0.4 is 5.32 Å². The summed E-state index contributed by atoms with van der Waals surface area (Å²) in [6.07, 6.45) is 9.77. The van der Waals surface area contributed by atoms with Crippen molar-refractivity contribution in [3.63, 3.8) is 0 Å². The Morgan fingerprint density at radius 2 is 2.21 bits per heavy atom. The lowest BCUT2D eigenvalue weighted by Crippen LogP contribution is -2.44. The minimum absolute atomic E-state index is 0.129. The van der Waals surface area contributed by atoms with Crippen LogP contribution in [0.25, 0.3) is 0 Å². The van der Waals surface area contributed by atoms with Crippen LogP contribution in [-0.2, 0) is 4.79 Å². The molecule has 1 aliphatic carbocycles. The van der Waals surface area contributed by atoms with E-state index in [9.17, 15) is 4.79 Å². The highest BCUT2D eigenvalue weighted by molar-refractivity contribution is 5.93. The van der Waals surface area contributed by atoms with E-state index in [-0.39, 0.29) is 5.91 Å². The summed E-state index contributed by atoms with van der Waals surface area (Å²) >= 11 is 0. The molecule has 3 nitrogen and oxygen atoms in total. The number of amides is 1. The summed E-state index contributed by atoms with van der Waals surface area (Å²) in [7, 11) is 0. The van der Waals surface area contributed by atoms with Crippen molar-refractivity contribution in [1.29, 1.82) is 0 Å². The standard InChI is InChI=1S/C16H24N2O/c1-2-6-16(19)17-15-9-11-18(12-10-15)13-14-7-4-3-5-8-14/h7,15H,3-5,8-13H2,1H3,(H,17,19). The molecule has 19 heavy (non-hydrogen) atoms. The molecule has 104 valence electrons. The summed E-state index contributed by atoms with van der Waals surface area (Å²) in [5.41, 5.74) is 1.62. The first-order valence-electron chi connectivity index (χ1n) is 7.41. The predicted octanol–water partition coefficient (Wildman–Crippen LogP) is 2.09. The SMILES string of the molecule is CC#CC(=O)NC1CCN(CC2=CCCCC2)CC1. The van der Waals surface area contributed by atoms with E-state index in [1.807, 2.05) is 0 Å². The van der Waals surface area contributed by atoms with Gasteiger partial charge < -0.3 is 5.32 Å². The molecule has 0 atom stereocenters. The summed E-state index contributed by atoms with van der Waals surface area (Å²) in [6.45, 7) is 5.00. The lowest BCUT2D eigenvalue weighted by Gasteiger charge is -2.33. The maximum Gasteiger partial charge on any atom is 0.296 e. The van der Waals surface area contributed by atoms with Gasteiger partial charge in [0, 0.05) is 25.7 Å². The van der Waals surface area contributed by atoms with Crippen LogP contribution in [0.2, 0.25) is 0 Å². The molecule has 1 heterocycles. The van der Waals surface area contributed by atoms with Gasteiger partial charge in [-0.1, -0.05) is 17.6 Å². The third-order valence-electron chi connectivity index (χ3n) is 3.97. The van der Waals surface area contributed by atoms with Gasteiger partial charge in [-0.25, -0.2) is 0 Å². The largest absolute Gasteiger partial charge is 0.342 e. The molecule has 0 unspecified atom stereocenters. The van der Waals surface area contributed by atoms with Crippen LogP contribution in [-0.4, -0.2) is 36.5 Å². The molecule has 1 saturated heterocycles. The molecular weight excluding hydrogens is 236 g/mol. The highest BCUT2D eigenvalue weighted by Gasteiger charge is 2.20. The number of hydrogen-bond donors (Lipinski definition) is 1. The van der Waals surface area contributed by atoms with E-state index in [0.717, 1.165) is 32.5 Å². The summed E-state index contributed by atoms with van der Waals surface area (Å²) in [5, 5.41) is 2.99. The first-order chi connectivity index (χ1) is 9.28. The Bertz CT molecular complexity index is 395. The zero-order valence-electron chi connectivity index (χ0n) is 11.9. The molecule has 3 heteroatoms. The molecule has 1 aliphatic heterocycles. The van der Waals surface area contributed by atoms with E-state index in [1.165, 1.54) is 25.7 Å². The van der Waals surface area contributed by atoms with Crippen molar-refractivity contribution in [3.05, 3.63) is 11.6 Å². The second-order valence-corrected chi connectivity index (χ2v) is 5.51. The van der Waals surface area contributed by atoms with Crippen molar-refractivity contribution in [2.75, 3.05) is 19.6 Å². The molecule has 0 bridgehead atoms. The van der Waals surface area contributed by atoms with Gasteiger partial charge in [0.15, 0.2) is 0 Å². The van der Waals surface area contributed by atoms with Crippen LogP contribution >= 0.6 is 0 Å². The Kier molecular flexibility index (Phi) is 5.47. The average Bonchev–Trinajstić information content (AvgIpc) is 2.42. The minimum atomic E-state index is -0.129. The van der Waals surface area contributed by atoms with Gasteiger partial charge in [-0.3, -0.25) is 9.69 Å². The number of likely N-dealkylation sites (tertiary alicyclic amines) is 1. The fraction of sp³-hybridized carbons (Fsp3) is 0.688. The first kappa shape index (κ1) is 14.1. The van der Waals surface area contributed by atoms with E-state index in [0.29, 0.717) is 6.04 Å². The molecular formula is C16H24N2O. The minimum Gasteiger partial charge on any atom is -0.342 e. The number of hydrogen-bond acceptors (Lipinski definition) is 2. The van der Waals surface area contributed by atoms with E-state index < -0.39 is 0 Å². The topological polar surface area (TPSA) is 32.3 Å². The van der Waals surface area contributed by atoms with Gasteiger partial charge in [0.05, 0.1) is 0 Å². The number of rotatable bonds is 3. The van der Waals surface area contributed by atoms with Crippen molar-refractivity contribution in [2.24, 2.45) is 0 Å². The van der Waals surface area contributed by atoms with Crippen molar-refractivity contribution in [2.45, 2.75) is 51.5 Å². The number of nitrogens with zero attached hydrogens (tertiary/aromatic N) is 1. The smallest absolute Gasteiger partial charge is 0.296 e. The van der Waals surface area contributed by atoms with Gasteiger partial charge in [0.2, 0.25) is 0 Å². The van der Waals surface area contributed by atoms with Crippen molar-refractivity contribution in [3.8, 4) is 11.8 Å². The van der Waals surface area contributed by atoms with Gasteiger partial charge >= 0.3 is 0 Å². The number of carbonyl (C=O) groups excluding carboxylic acids is 1. The van der Waals surface area contributed by atoms with Crippen LogP contribution in [0.5, 0.6) is 0 Å². The maximum atomic E-state index is 11.4. The Morgan fingerprint density at radius 1 is 1.42 bits per heavy atom. The number of carbonyl (C=O) groups is 1. The fourth-order valence-corrected chi connectivity index (χ4v) is 2.91. The second-order valence-electron chi connectivity index (χ2n) is 5.51. The lowest BCUT2D eigenvalue weighted by molar-refractivity contribution is -0.116. The Morgan fingerprint density at radius 3 is 2.84 bits per heavy atom. The molecule has 2 rings (SSSR count). The number of piperidine rings is 1. The lowest BCUT2D eigenvalue weighted by atomic mass is 9.98. The highest BCUT2D eigenvalue weighted by Crippen LogP contribution is 2.20. The van der Waals surface area contributed by atoms with E-state index >= 15 is 0 Å². The van der Waals surface area contributed by atoms with E-state index in [2.05, 4.69) is 28.1 Å². The Labute approximate surface area is 116 Å². The molecule has 1 N–H and O–H groups in total. The van der Waals surface area contributed by atoms with Crippen LogP contribution in [0.4, 0.5) is 0 Å². The van der Waals surface area contributed by atoms with E-state index in [1.54, 1.807) is 12.5 Å². The molecule has 0 spiro atoms. The van der Waals surface area contributed by atoms with Crippen molar-refractivity contribution in [1.82, 2.24) is 10.2 Å². The molecule has 1 amide bonds.